The van der Waals surface area contributed by atoms with Crippen molar-refractivity contribution in [2.45, 2.75) is 30.2 Å². The van der Waals surface area contributed by atoms with Crippen molar-refractivity contribution in [3.8, 4) is 0 Å². The van der Waals surface area contributed by atoms with Crippen LogP contribution in [0.15, 0.2) is 27.6 Å². The van der Waals surface area contributed by atoms with E-state index in [2.05, 4.69) is 20.7 Å². The molecule has 2 rings (SSSR count). The van der Waals surface area contributed by atoms with Crippen molar-refractivity contribution >= 4 is 31.6 Å². The van der Waals surface area contributed by atoms with Crippen LogP contribution in [0.1, 0.15) is 19.3 Å². The fraction of sp³-hybridized carbons (Fsp3) is 0.400. The average molecular weight is 305 g/mol. The molecule has 0 heterocycles. The standard InChI is InChI=1S/C10H13BrN2O2S/c11-7-4-5-10(9(12)6-7)16(14,15)13-8-2-1-3-8/h4-6,8,13H,1-3,12H2. The molecule has 0 spiro atoms. The van der Waals surface area contributed by atoms with Crippen LogP contribution < -0.4 is 10.5 Å². The van der Waals surface area contributed by atoms with E-state index in [0.29, 0.717) is 0 Å². The third kappa shape index (κ3) is 2.39. The summed E-state index contributed by atoms with van der Waals surface area (Å²) in [6.07, 6.45) is 2.91. The van der Waals surface area contributed by atoms with E-state index in [-0.39, 0.29) is 16.6 Å². The highest BCUT2D eigenvalue weighted by Crippen LogP contribution is 2.25. The Morgan fingerprint density at radius 1 is 1.38 bits per heavy atom. The van der Waals surface area contributed by atoms with Crippen molar-refractivity contribution in [2.24, 2.45) is 0 Å². The minimum Gasteiger partial charge on any atom is -0.398 e. The third-order valence-corrected chi connectivity index (χ3v) is 4.78. The second-order valence-corrected chi connectivity index (χ2v) is 6.53. The Balaban J connectivity index is 2.27. The molecule has 1 fully saturated rings. The molecule has 0 aliphatic heterocycles. The van der Waals surface area contributed by atoms with E-state index >= 15 is 0 Å². The quantitative estimate of drug-likeness (QED) is 0.837. The first-order chi connectivity index (χ1) is 7.49. The molecule has 1 saturated carbocycles. The lowest BCUT2D eigenvalue weighted by molar-refractivity contribution is 0.383. The summed E-state index contributed by atoms with van der Waals surface area (Å²) in [4.78, 5) is 0.155. The molecular weight excluding hydrogens is 292 g/mol. The van der Waals surface area contributed by atoms with Gasteiger partial charge in [-0.2, -0.15) is 0 Å². The molecule has 0 bridgehead atoms. The van der Waals surface area contributed by atoms with Crippen molar-refractivity contribution in [1.82, 2.24) is 4.72 Å². The number of halogens is 1. The molecule has 6 heteroatoms. The van der Waals surface area contributed by atoms with Gasteiger partial charge in [-0.05, 0) is 31.0 Å². The smallest absolute Gasteiger partial charge is 0.242 e. The maximum absolute atomic E-state index is 12.0. The van der Waals surface area contributed by atoms with Gasteiger partial charge in [-0.1, -0.05) is 22.4 Å². The van der Waals surface area contributed by atoms with E-state index in [1.807, 2.05) is 0 Å². The summed E-state index contributed by atoms with van der Waals surface area (Å²) in [5.74, 6) is 0. The Hall–Kier alpha value is -0.590. The van der Waals surface area contributed by atoms with E-state index in [4.69, 9.17) is 5.73 Å². The van der Waals surface area contributed by atoms with Crippen LogP contribution in [0.5, 0.6) is 0 Å². The van der Waals surface area contributed by atoms with Gasteiger partial charge in [0.05, 0.1) is 5.69 Å². The van der Waals surface area contributed by atoms with Crippen molar-refractivity contribution in [2.75, 3.05) is 5.73 Å². The van der Waals surface area contributed by atoms with Crippen molar-refractivity contribution < 1.29 is 8.42 Å². The molecule has 3 N–H and O–H groups in total. The normalized spacial score (nSPS) is 17.1. The first-order valence-electron chi connectivity index (χ1n) is 5.06. The fourth-order valence-electron chi connectivity index (χ4n) is 1.57. The second-order valence-electron chi connectivity index (χ2n) is 3.93. The van der Waals surface area contributed by atoms with Gasteiger partial charge in [0.25, 0.3) is 0 Å². The maximum atomic E-state index is 12.0. The van der Waals surface area contributed by atoms with Crippen LogP contribution in [0.3, 0.4) is 0 Å². The predicted molar refractivity (Wildman–Crippen MR) is 66.5 cm³/mol. The number of rotatable bonds is 3. The van der Waals surface area contributed by atoms with Crippen molar-refractivity contribution in [1.29, 1.82) is 0 Å². The fourth-order valence-corrected chi connectivity index (χ4v) is 3.37. The Kier molecular flexibility index (Phi) is 3.23. The van der Waals surface area contributed by atoms with Crippen LogP contribution in [0.4, 0.5) is 5.69 Å². The van der Waals surface area contributed by atoms with Crippen LogP contribution in [0.25, 0.3) is 0 Å². The highest BCUT2D eigenvalue weighted by molar-refractivity contribution is 9.10. The van der Waals surface area contributed by atoms with E-state index < -0.39 is 10.0 Å². The molecule has 16 heavy (non-hydrogen) atoms. The van der Waals surface area contributed by atoms with Crippen LogP contribution in [-0.4, -0.2) is 14.5 Å². The summed E-state index contributed by atoms with van der Waals surface area (Å²) < 4.78 is 27.3. The van der Waals surface area contributed by atoms with E-state index in [1.165, 1.54) is 6.07 Å². The minimum atomic E-state index is -3.46. The van der Waals surface area contributed by atoms with E-state index in [0.717, 1.165) is 23.7 Å². The average Bonchev–Trinajstić information content (AvgIpc) is 2.11. The summed E-state index contributed by atoms with van der Waals surface area (Å²) in [7, 11) is -3.46. The van der Waals surface area contributed by atoms with Gasteiger partial charge in [0, 0.05) is 10.5 Å². The number of nitrogens with one attached hydrogen (secondary N) is 1. The number of anilines is 1. The topological polar surface area (TPSA) is 72.2 Å². The lowest BCUT2D eigenvalue weighted by Gasteiger charge is -2.26. The van der Waals surface area contributed by atoms with Crippen LogP contribution >= 0.6 is 15.9 Å². The molecule has 0 atom stereocenters. The second kappa shape index (κ2) is 4.35. The lowest BCUT2D eigenvalue weighted by Crippen LogP contribution is -2.39. The van der Waals surface area contributed by atoms with E-state index in [1.54, 1.807) is 12.1 Å². The largest absolute Gasteiger partial charge is 0.398 e. The summed E-state index contributed by atoms with van der Waals surface area (Å²) >= 11 is 3.24. The number of sulfonamides is 1. The van der Waals surface area contributed by atoms with Gasteiger partial charge in [0.1, 0.15) is 4.90 Å². The molecule has 0 unspecified atom stereocenters. The molecule has 0 amide bonds. The summed E-state index contributed by atoms with van der Waals surface area (Å²) in [6, 6.07) is 4.86. The number of nitrogen functional groups attached to an aromatic ring is 1. The SMILES string of the molecule is Nc1cc(Br)ccc1S(=O)(=O)NC1CCC1. The van der Waals surface area contributed by atoms with Gasteiger partial charge in [-0.25, -0.2) is 13.1 Å². The lowest BCUT2D eigenvalue weighted by atomic mass is 9.94. The molecule has 0 radical (unpaired) electrons. The van der Waals surface area contributed by atoms with Crippen LogP contribution in [0.2, 0.25) is 0 Å². The highest BCUT2D eigenvalue weighted by atomic mass is 79.9. The zero-order valence-corrected chi connectivity index (χ0v) is 11.0. The Morgan fingerprint density at radius 2 is 2.06 bits per heavy atom. The maximum Gasteiger partial charge on any atom is 0.242 e. The number of nitrogens with two attached hydrogens (primary N) is 1. The molecule has 0 saturated heterocycles. The third-order valence-electron chi connectivity index (χ3n) is 2.69. The Labute approximate surface area is 103 Å². The summed E-state index contributed by atoms with van der Waals surface area (Å²) in [5, 5.41) is 0. The van der Waals surface area contributed by atoms with Gasteiger partial charge >= 0.3 is 0 Å². The van der Waals surface area contributed by atoms with Gasteiger partial charge in [-0.15, -0.1) is 0 Å². The molecule has 0 aromatic heterocycles. The zero-order valence-electron chi connectivity index (χ0n) is 8.61. The number of hydrogen-bond acceptors (Lipinski definition) is 3. The Bertz CT molecular complexity index is 498. The zero-order chi connectivity index (χ0) is 11.8. The number of hydrogen-bond donors (Lipinski definition) is 2. The molecule has 4 nitrogen and oxygen atoms in total. The Morgan fingerprint density at radius 3 is 2.56 bits per heavy atom. The van der Waals surface area contributed by atoms with Gasteiger partial charge < -0.3 is 5.73 Å². The molecule has 88 valence electrons. The highest BCUT2D eigenvalue weighted by Gasteiger charge is 2.25. The summed E-state index contributed by atoms with van der Waals surface area (Å²) in [5.41, 5.74) is 5.96. The van der Waals surface area contributed by atoms with Gasteiger partial charge in [0.15, 0.2) is 0 Å². The van der Waals surface area contributed by atoms with Crippen LogP contribution in [-0.2, 0) is 10.0 Å². The van der Waals surface area contributed by atoms with Gasteiger partial charge in [-0.3, -0.25) is 0 Å². The molecule has 1 aliphatic carbocycles. The summed E-state index contributed by atoms with van der Waals surface area (Å²) in [6.45, 7) is 0. The number of benzene rings is 1. The first kappa shape index (κ1) is 11.9. The monoisotopic (exact) mass is 304 g/mol. The minimum absolute atomic E-state index is 0.0769. The van der Waals surface area contributed by atoms with Crippen LogP contribution in [0, 0.1) is 0 Å². The van der Waals surface area contributed by atoms with E-state index in [9.17, 15) is 8.42 Å². The first-order valence-corrected chi connectivity index (χ1v) is 7.34. The molecule has 1 aromatic rings. The predicted octanol–water partition coefficient (Wildman–Crippen LogP) is 1.86. The molecule has 1 aliphatic rings. The van der Waals surface area contributed by atoms with Crippen molar-refractivity contribution in [3.63, 3.8) is 0 Å². The molecular formula is C10H13BrN2O2S. The van der Waals surface area contributed by atoms with Crippen molar-refractivity contribution in [3.05, 3.63) is 22.7 Å². The van der Waals surface area contributed by atoms with Gasteiger partial charge in [0.2, 0.25) is 10.0 Å². The molecule has 1 aromatic carbocycles.